The van der Waals surface area contributed by atoms with Crippen molar-refractivity contribution >= 4 is 28.0 Å². The molecule has 4 aromatic rings. The van der Waals surface area contributed by atoms with Crippen molar-refractivity contribution in [3.8, 4) is 0 Å². The van der Waals surface area contributed by atoms with Crippen molar-refractivity contribution in [2.75, 3.05) is 11.9 Å². The molecular formula is C18H17N5. The van der Waals surface area contributed by atoms with Gasteiger partial charge >= 0.3 is 0 Å². The summed E-state index contributed by atoms with van der Waals surface area (Å²) in [5, 5.41) is 12.8. The minimum Gasteiger partial charge on any atom is -0.353 e. The second-order valence-corrected chi connectivity index (χ2v) is 5.67. The second-order valence-electron chi connectivity index (χ2n) is 5.67. The normalized spacial score (nSPS) is 11.2. The van der Waals surface area contributed by atoms with Crippen LogP contribution in [0, 0.1) is 6.92 Å². The van der Waals surface area contributed by atoms with Crippen molar-refractivity contribution in [1.82, 2.24) is 20.2 Å². The van der Waals surface area contributed by atoms with E-state index in [9.17, 15) is 0 Å². The molecule has 0 aliphatic heterocycles. The summed E-state index contributed by atoms with van der Waals surface area (Å²) >= 11 is 0. The maximum atomic E-state index is 4.52. The van der Waals surface area contributed by atoms with Crippen LogP contribution in [0.15, 0.2) is 48.5 Å². The minimum atomic E-state index is 0.552. The Kier molecular flexibility index (Phi) is 3.38. The molecule has 0 spiro atoms. The molecule has 5 heteroatoms. The van der Waals surface area contributed by atoms with E-state index in [1.54, 1.807) is 0 Å². The summed E-state index contributed by atoms with van der Waals surface area (Å²) in [7, 11) is 0. The van der Waals surface area contributed by atoms with Gasteiger partial charge in [-0.3, -0.25) is 0 Å². The summed E-state index contributed by atoms with van der Waals surface area (Å²) in [4.78, 5) is 7.80. The molecule has 2 aromatic carbocycles. The van der Waals surface area contributed by atoms with Gasteiger partial charge in [0.15, 0.2) is 5.65 Å². The fourth-order valence-corrected chi connectivity index (χ4v) is 2.67. The molecule has 0 fully saturated rings. The summed E-state index contributed by atoms with van der Waals surface area (Å²) in [5.74, 6) is 0.552. The van der Waals surface area contributed by atoms with Gasteiger partial charge in [-0.25, -0.2) is 0 Å². The van der Waals surface area contributed by atoms with Gasteiger partial charge in [0.2, 0.25) is 5.95 Å². The molecule has 114 valence electrons. The van der Waals surface area contributed by atoms with Crippen LogP contribution in [0.3, 0.4) is 0 Å². The van der Waals surface area contributed by atoms with Crippen LogP contribution >= 0.6 is 0 Å². The highest BCUT2D eigenvalue weighted by Crippen LogP contribution is 2.21. The molecule has 0 amide bonds. The van der Waals surface area contributed by atoms with E-state index in [1.807, 2.05) is 24.3 Å². The first-order chi connectivity index (χ1) is 11.3. The molecular weight excluding hydrogens is 286 g/mol. The smallest absolute Gasteiger partial charge is 0.244 e. The summed E-state index contributed by atoms with van der Waals surface area (Å²) in [6.45, 7) is 2.87. The van der Waals surface area contributed by atoms with Crippen molar-refractivity contribution in [3.05, 3.63) is 59.7 Å². The van der Waals surface area contributed by atoms with E-state index in [0.717, 1.165) is 35.0 Å². The molecule has 5 nitrogen and oxygen atoms in total. The fourth-order valence-electron chi connectivity index (χ4n) is 2.67. The van der Waals surface area contributed by atoms with Crippen molar-refractivity contribution in [2.24, 2.45) is 0 Å². The third-order valence-electron chi connectivity index (χ3n) is 3.94. The topological polar surface area (TPSA) is 66.5 Å². The van der Waals surface area contributed by atoms with E-state index >= 15 is 0 Å². The number of hydrogen-bond acceptors (Lipinski definition) is 4. The predicted octanol–water partition coefficient (Wildman–Crippen LogP) is 3.47. The first kappa shape index (κ1) is 13.7. The molecule has 0 saturated carbocycles. The number of nitrogens with zero attached hydrogens (tertiary/aromatic N) is 3. The van der Waals surface area contributed by atoms with E-state index in [2.05, 4.69) is 56.7 Å². The monoisotopic (exact) mass is 303 g/mol. The van der Waals surface area contributed by atoms with Gasteiger partial charge in [-0.15, -0.1) is 10.2 Å². The number of fused-ring (bicyclic) bond motifs is 3. The lowest BCUT2D eigenvalue weighted by atomic mass is 10.1. The zero-order valence-corrected chi connectivity index (χ0v) is 12.9. The van der Waals surface area contributed by atoms with Crippen LogP contribution < -0.4 is 5.32 Å². The Morgan fingerprint density at radius 1 is 1.00 bits per heavy atom. The van der Waals surface area contributed by atoms with E-state index < -0.39 is 0 Å². The molecule has 0 unspecified atom stereocenters. The van der Waals surface area contributed by atoms with Gasteiger partial charge in [0.25, 0.3) is 0 Å². The predicted molar refractivity (Wildman–Crippen MR) is 92.6 cm³/mol. The molecule has 0 radical (unpaired) electrons. The van der Waals surface area contributed by atoms with Crippen LogP contribution in [0.1, 0.15) is 11.1 Å². The lowest BCUT2D eigenvalue weighted by Gasteiger charge is -2.04. The van der Waals surface area contributed by atoms with Crippen molar-refractivity contribution in [3.63, 3.8) is 0 Å². The first-order valence-corrected chi connectivity index (χ1v) is 7.70. The van der Waals surface area contributed by atoms with Crippen LogP contribution in [0.25, 0.3) is 22.1 Å². The molecule has 2 aromatic heterocycles. The third-order valence-corrected chi connectivity index (χ3v) is 3.94. The number of aromatic nitrogens is 4. The number of hydrogen-bond donors (Lipinski definition) is 2. The number of benzene rings is 2. The van der Waals surface area contributed by atoms with Gasteiger partial charge in [0.05, 0.1) is 0 Å². The van der Waals surface area contributed by atoms with Crippen molar-refractivity contribution in [2.45, 2.75) is 13.3 Å². The molecule has 0 aliphatic carbocycles. The van der Waals surface area contributed by atoms with Crippen LogP contribution in [0.5, 0.6) is 0 Å². The molecule has 0 bridgehead atoms. The highest BCUT2D eigenvalue weighted by atomic mass is 15.2. The van der Waals surface area contributed by atoms with Crippen LogP contribution in [0.2, 0.25) is 0 Å². The van der Waals surface area contributed by atoms with Gasteiger partial charge in [-0.05, 0) is 25.0 Å². The fraction of sp³-hybridized carbons (Fsp3) is 0.167. The Bertz CT molecular complexity index is 956. The van der Waals surface area contributed by atoms with E-state index in [1.165, 1.54) is 11.1 Å². The number of anilines is 1. The van der Waals surface area contributed by atoms with E-state index in [0.29, 0.717) is 5.95 Å². The molecule has 2 heterocycles. The first-order valence-electron chi connectivity index (χ1n) is 7.70. The van der Waals surface area contributed by atoms with Crippen molar-refractivity contribution in [1.29, 1.82) is 0 Å². The summed E-state index contributed by atoms with van der Waals surface area (Å²) < 4.78 is 0. The van der Waals surface area contributed by atoms with Gasteiger partial charge in [0, 0.05) is 17.4 Å². The number of H-pyrrole nitrogens is 1. The Hall–Kier alpha value is -2.95. The second kappa shape index (κ2) is 5.68. The molecule has 0 aliphatic rings. The number of aromatic amines is 1. The number of aryl methyl sites for hydroxylation is 1. The summed E-state index contributed by atoms with van der Waals surface area (Å²) in [6.07, 6.45) is 0.925. The molecule has 0 saturated heterocycles. The molecule has 4 rings (SSSR count). The maximum Gasteiger partial charge on any atom is 0.244 e. The number of para-hydroxylation sites is 1. The van der Waals surface area contributed by atoms with Gasteiger partial charge in [0.1, 0.15) is 5.52 Å². The van der Waals surface area contributed by atoms with Gasteiger partial charge in [-0.2, -0.15) is 4.98 Å². The van der Waals surface area contributed by atoms with Gasteiger partial charge in [-0.1, -0.05) is 48.0 Å². The largest absolute Gasteiger partial charge is 0.353 e. The highest BCUT2D eigenvalue weighted by Gasteiger charge is 2.08. The van der Waals surface area contributed by atoms with Gasteiger partial charge < -0.3 is 10.3 Å². The van der Waals surface area contributed by atoms with Crippen molar-refractivity contribution < 1.29 is 0 Å². The average Bonchev–Trinajstić information content (AvgIpc) is 2.94. The lowest BCUT2D eigenvalue weighted by molar-refractivity contribution is 0.951. The zero-order chi connectivity index (χ0) is 15.6. The molecule has 2 N–H and O–H groups in total. The van der Waals surface area contributed by atoms with Crippen LogP contribution in [0.4, 0.5) is 5.95 Å². The van der Waals surface area contributed by atoms with E-state index in [-0.39, 0.29) is 0 Å². The highest BCUT2D eigenvalue weighted by molar-refractivity contribution is 6.03. The summed E-state index contributed by atoms with van der Waals surface area (Å²) in [6, 6.07) is 16.6. The summed E-state index contributed by atoms with van der Waals surface area (Å²) in [5.41, 5.74) is 5.17. The van der Waals surface area contributed by atoms with E-state index in [4.69, 9.17) is 0 Å². The average molecular weight is 303 g/mol. The quantitative estimate of drug-likeness (QED) is 0.606. The standard InChI is InChI=1S/C18H17N5/c1-12-6-8-13(9-7-12)10-11-19-18-21-17-16(22-23-18)14-4-2-3-5-15(14)20-17/h2-9H,10-11H2,1H3,(H2,19,20,21,23). The Morgan fingerprint density at radius 2 is 1.83 bits per heavy atom. The Labute approximate surface area is 133 Å². The Balaban J connectivity index is 1.50. The maximum absolute atomic E-state index is 4.52. The Morgan fingerprint density at radius 3 is 2.70 bits per heavy atom. The zero-order valence-electron chi connectivity index (χ0n) is 12.9. The van der Waals surface area contributed by atoms with Crippen LogP contribution in [-0.2, 0) is 6.42 Å². The lowest BCUT2D eigenvalue weighted by Crippen LogP contribution is -2.08. The molecule has 23 heavy (non-hydrogen) atoms. The third kappa shape index (κ3) is 2.73. The number of nitrogens with one attached hydrogen (secondary N) is 2. The number of rotatable bonds is 4. The SMILES string of the molecule is Cc1ccc(CCNc2nnc3c(n2)[nH]c2ccccc23)cc1. The minimum absolute atomic E-state index is 0.552. The molecule has 0 atom stereocenters. The van der Waals surface area contributed by atoms with Crippen LogP contribution in [-0.4, -0.2) is 26.7 Å².